The van der Waals surface area contributed by atoms with Crippen molar-refractivity contribution in [1.82, 2.24) is 0 Å². The number of anilines is 1. The van der Waals surface area contributed by atoms with Gasteiger partial charge in [-0.15, -0.1) is 0 Å². The number of alkyl halides is 3. The van der Waals surface area contributed by atoms with E-state index in [1.807, 2.05) is 19.9 Å². The van der Waals surface area contributed by atoms with E-state index in [0.717, 1.165) is 17.2 Å². The van der Waals surface area contributed by atoms with Crippen LogP contribution >= 0.6 is 15.9 Å². The van der Waals surface area contributed by atoms with Crippen LogP contribution in [0.2, 0.25) is 0 Å². The molecule has 1 amide bonds. The van der Waals surface area contributed by atoms with Crippen molar-refractivity contribution in [3.8, 4) is 0 Å². The van der Waals surface area contributed by atoms with Gasteiger partial charge in [0, 0.05) is 15.7 Å². The van der Waals surface area contributed by atoms with Gasteiger partial charge in [0.1, 0.15) is 0 Å². The van der Waals surface area contributed by atoms with Crippen LogP contribution in [0.3, 0.4) is 0 Å². The van der Waals surface area contributed by atoms with Crippen molar-refractivity contribution in [2.24, 2.45) is 0 Å². The van der Waals surface area contributed by atoms with Gasteiger partial charge in [0.25, 0.3) is 5.91 Å². The minimum atomic E-state index is -4.49. The molecule has 0 aliphatic heterocycles. The quantitative estimate of drug-likeness (QED) is 0.758. The summed E-state index contributed by atoms with van der Waals surface area (Å²) in [4.78, 5) is 12.2. The van der Waals surface area contributed by atoms with Gasteiger partial charge in [-0.2, -0.15) is 13.2 Å². The molecule has 0 spiro atoms. The Kier molecular flexibility index (Phi) is 4.60. The summed E-state index contributed by atoms with van der Waals surface area (Å²) in [5, 5.41) is 2.49. The average molecular weight is 372 g/mol. The Bertz CT molecular complexity index is 706. The third kappa shape index (κ3) is 3.88. The van der Waals surface area contributed by atoms with Crippen LogP contribution in [0.4, 0.5) is 18.9 Å². The van der Waals surface area contributed by atoms with Crippen LogP contribution in [0, 0.1) is 13.8 Å². The molecule has 116 valence electrons. The maximum Gasteiger partial charge on any atom is 0.417 e. The Hall–Kier alpha value is -1.82. The van der Waals surface area contributed by atoms with Gasteiger partial charge in [-0.25, -0.2) is 0 Å². The van der Waals surface area contributed by atoms with E-state index in [1.54, 1.807) is 12.1 Å². The second kappa shape index (κ2) is 6.12. The van der Waals surface area contributed by atoms with Gasteiger partial charge in [-0.1, -0.05) is 33.1 Å². The summed E-state index contributed by atoms with van der Waals surface area (Å²) < 4.78 is 38.5. The SMILES string of the molecule is Cc1cc(C)cc(C(=O)Nc2ccc(Br)c(C(F)(F)F)c2)c1. The Morgan fingerprint density at radius 3 is 2.18 bits per heavy atom. The average Bonchev–Trinajstić information content (AvgIpc) is 2.38. The Morgan fingerprint density at radius 2 is 1.64 bits per heavy atom. The van der Waals surface area contributed by atoms with Gasteiger partial charge in [-0.05, 0) is 44.2 Å². The number of aryl methyl sites for hydroxylation is 2. The monoisotopic (exact) mass is 371 g/mol. The lowest BCUT2D eigenvalue weighted by atomic mass is 10.1. The van der Waals surface area contributed by atoms with Crippen LogP contribution in [-0.4, -0.2) is 5.91 Å². The highest BCUT2D eigenvalue weighted by Crippen LogP contribution is 2.36. The smallest absolute Gasteiger partial charge is 0.322 e. The first-order valence-electron chi connectivity index (χ1n) is 6.43. The Labute approximate surface area is 134 Å². The van der Waals surface area contributed by atoms with Gasteiger partial charge in [0.2, 0.25) is 0 Å². The second-order valence-corrected chi connectivity index (χ2v) is 5.88. The van der Waals surface area contributed by atoms with Gasteiger partial charge >= 0.3 is 6.18 Å². The number of nitrogens with one attached hydrogen (secondary N) is 1. The molecule has 0 aliphatic carbocycles. The first kappa shape index (κ1) is 16.5. The van der Waals surface area contributed by atoms with Crippen LogP contribution < -0.4 is 5.32 Å². The largest absolute Gasteiger partial charge is 0.417 e. The summed E-state index contributed by atoms with van der Waals surface area (Å²) in [5.41, 5.74) is 1.51. The normalized spacial score (nSPS) is 11.4. The van der Waals surface area contributed by atoms with Gasteiger partial charge in [-0.3, -0.25) is 4.79 Å². The lowest BCUT2D eigenvalue weighted by molar-refractivity contribution is -0.138. The van der Waals surface area contributed by atoms with Crippen LogP contribution in [0.25, 0.3) is 0 Å². The molecule has 0 atom stereocenters. The summed E-state index contributed by atoms with van der Waals surface area (Å²) in [6.45, 7) is 3.70. The number of carbonyl (C=O) groups excluding carboxylic acids is 1. The van der Waals surface area contributed by atoms with Crippen molar-refractivity contribution in [2.45, 2.75) is 20.0 Å². The fourth-order valence-corrected chi connectivity index (χ4v) is 2.60. The molecule has 6 heteroatoms. The molecule has 22 heavy (non-hydrogen) atoms. The maximum absolute atomic E-state index is 12.9. The van der Waals surface area contributed by atoms with Crippen LogP contribution in [0.5, 0.6) is 0 Å². The van der Waals surface area contributed by atoms with Crippen molar-refractivity contribution in [3.05, 3.63) is 63.1 Å². The van der Waals surface area contributed by atoms with E-state index >= 15 is 0 Å². The Morgan fingerprint density at radius 1 is 1.05 bits per heavy atom. The Balaban J connectivity index is 2.29. The second-order valence-electron chi connectivity index (χ2n) is 5.02. The van der Waals surface area contributed by atoms with Crippen molar-refractivity contribution in [3.63, 3.8) is 0 Å². The molecular weight excluding hydrogens is 359 g/mol. The van der Waals surface area contributed by atoms with Crippen molar-refractivity contribution >= 4 is 27.5 Å². The standard InChI is InChI=1S/C16H13BrF3NO/c1-9-5-10(2)7-11(6-9)15(22)21-12-3-4-14(17)13(8-12)16(18,19)20/h3-8H,1-2H3,(H,21,22). The molecule has 0 fully saturated rings. The van der Waals surface area contributed by atoms with E-state index in [-0.39, 0.29) is 10.2 Å². The van der Waals surface area contributed by atoms with Crippen molar-refractivity contribution < 1.29 is 18.0 Å². The zero-order valence-electron chi connectivity index (χ0n) is 11.9. The first-order chi connectivity index (χ1) is 10.2. The zero-order valence-corrected chi connectivity index (χ0v) is 13.5. The molecule has 1 N–H and O–H groups in total. The molecule has 0 unspecified atom stereocenters. The molecule has 0 saturated heterocycles. The number of benzene rings is 2. The lowest BCUT2D eigenvalue weighted by Gasteiger charge is -2.12. The fraction of sp³-hybridized carbons (Fsp3) is 0.188. The molecule has 0 heterocycles. The van der Waals surface area contributed by atoms with E-state index in [1.165, 1.54) is 12.1 Å². The predicted octanol–water partition coefficient (Wildman–Crippen LogP) is 5.34. The van der Waals surface area contributed by atoms with Gasteiger partial charge < -0.3 is 5.32 Å². The third-order valence-electron chi connectivity index (χ3n) is 3.01. The number of halogens is 4. The molecule has 0 bridgehead atoms. The molecular formula is C16H13BrF3NO. The molecule has 0 saturated carbocycles. The molecule has 0 radical (unpaired) electrons. The highest BCUT2D eigenvalue weighted by atomic mass is 79.9. The molecule has 2 aromatic carbocycles. The molecule has 2 aromatic rings. The van der Waals surface area contributed by atoms with E-state index in [4.69, 9.17) is 0 Å². The minimum absolute atomic E-state index is 0.0654. The predicted molar refractivity (Wildman–Crippen MR) is 83.0 cm³/mol. The van der Waals surface area contributed by atoms with Gasteiger partial charge in [0.05, 0.1) is 5.56 Å². The highest BCUT2D eigenvalue weighted by molar-refractivity contribution is 9.10. The topological polar surface area (TPSA) is 29.1 Å². The van der Waals surface area contributed by atoms with Crippen LogP contribution in [0.15, 0.2) is 40.9 Å². The molecule has 0 aliphatic rings. The number of rotatable bonds is 2. The number of carbonyl (C=O) groups is 1. The highest BCUT2D eigenvalue weighted by Gasteiger charge is 2.33. The molecule has 2 nitrogen and oxygen atoms in total. The van der Waals surface area contributed by atoms with Crippen LogP contribution in [-0.2, 0) is 6.18 Å². The summed E-state index contributed by atoms with van der Waals surface area (Å²) in [5.74, 6) is -0.442. The minimum Gasteiger partial charge on any atom is -0.322 e. The van der Waals surface area contributed by atoms with E-state index in [0.29, 0.717) is 5.56 Å². The van der Waals surface area contributed by atoms with Crippen molar-refractivity contribution in [2.75, 3.05) is 5.32 Å². The van der Waals surface area contributed by atoms with E-state index in [2.05, 4.69) is 21.2 Å². The van der Waals surface area contributed by atoms with E-state index < -0.39 is 17.6 Å². The number of hydrogen-bond acceptors (Lipinski definition) is 1. The lowest BCUT2D eigenvalue weighted by Crippen LogP contribution is -2.14. The maximum atomic E-state index is 12.9. The van der Waals surface area contributed by atoms with Crippen molar-refractivity contribution in [1.29, 1.82) is 0 Å². The molecule has 2 rings (SSSR count). The summed E-state index contributed by atoms with van der Waals surface area (Å²) in [6.07, 6.45) is -4.49. The summed E-state index contributed by atoms with van der Waals surface area (Å²) in [7, 11) is 0. The molecule has 0 aromatic heterocycles. The van der Waals surface area contributed by atoms with Gasteiger partial charge in [0.15, 0.2) is 0 Å². The van der Waals surface area contributed by atoms with E-state index in [9.17, 15) is 18.0 Å². The number of amides is 1. The zero-order chi connectivity index (χ0) is 16.5. The first-order valence-corrected chi connectivity index (χ1v) is 7.22. The summed E-state index contributed by atoms with van der Waals surface area (Å²) >= 11 is 2.86. The third-order valence-corrected chi connectivity index (χ3v) is 3.71. The number of hydrogen-bond donors (Lipinski definition) is 1. The fourth-order valence-electron chi connectivity index (χ4n) is 2.13. The summed E-state index contributed by atoms with van der Waals surface area (Å²) in [6, 6.07) is 8.88. The van der Waals surface area contributed by atoms with Crippen LogP contribution in [0.1, 0.15) is 27.0 Å².